The lowest BCUT2D eigenvalue weighted by Crippen LogP contribution is -2.64. The highest BCUT2D eigenvalue weighted by molar-refractivity contribution is 5.87. The van der Waals surface area contributed by atoms with Crippen molar-refractivity contribution < 1.29 is 4.79 Å². The van der Waals surface area contributed by atoms with Crippen molar-refractivity contribution in [2.24, 2.45) is 29.6 Å². The normalized spacial score (nSPS) is 64.5. The molecule has 1 aliphatic heterocycles. The van der Waals surface area contributed by atoms with E-state index in [2.05, 4.69) is 5.32 Å². The zero-order valence-corrected chi connectivity index (χ0v) is 6.99. The second-order valence-electron chi connectivity index (χ2n) is 5.03. The third kappa shape index (κ3) is 0.415. The smallest absolute Gasteiger partial charge is 0.225 e. The van der Waals surface area contributed by atoms with Crippen molar-refractivity contribution >= 4 is 5.91 Å². The van der Waals surface area contributed by atoms with Crippen LogP contribution in [0.2, 0.25) is 0 Å². The largest absolute Gasteiger partial charge is 0.352 e. The lowest BCUT2D eigenvalue weighted by molar-refractivity contribution is -0.143. The van der Waals surface area contributed by atoms with E-state index in [0.717, 1.165) is 23.7 Å². The average molecular weight is 163 g/mol. The fourth-order valence-electron chi connectivity index (χ4n) is 4.36. The molecule has 0 aromatic heterocycles. The van der Waals surface area contributed by atoms with Gasteiger partial charge in [0.05, 0.1) is 5.92 Å². The van der Waals surface area contributed by atoms with Crippen LogP contribution in [0.25, 0.3) is 0 Å². The molecule has 3 aliphatic carbocycles. The van der Waals surface area contributed by atoms with Gasteiger partial charge in [-0.2, -0.15) is 0 Å². The molecule has 1 N–H and O–H groups in total. The van der Waals surface area contributed by atoms with Gasteiger partial charge in [0.15, 0.2) is 0 Å². The summed E-state index contributed by atoms with van der Waals surface area (Å²) in [5, 5.41) is 3.08. The van der Waals surface area contributed by atoms with Crippen molar-refractivity contribution in [3.05, 3.63) is 0 Å². The second-order valence-corrected chi connectivity index (χ2v) is 5.03. The molecule has 4 fully saturated rings. The van der Waals surface area contributed by atoms with Gasteiger partial charge in [-0.3, -0.25) is 4.79 Å². The van der Waals surface area contributed by atoms with E-state index in [4.69, 9.17) is 0 Å². The fourth-order valence-corrected chi connectivity index (χ4v) is 4.36. The molecule has 4 aliphatic rings. The van der Waals surface area contributed by atoms with E-state index in [-0.39, 0.29) is 0 Å². The molecule has 12 heavy (non-hydrogen) atoms. The van der Waals surface area contributed by atoms with Crippen LogP contribution in [0.3, 0.4) is 0 Å². The quantitative estimate of drug-likeness (QED) is 0.525. The van der Waals surface area contributed by atoms with Crippen molar-refractivity contribution in [2.45, 2.75) is 25.3 Å². The maximum Gasteiger partial charge on any atom is 0.225 e. The van der Waals surface area contributed by atoms with E-state index in [0.29, 0.717) is 17.9 Å². The number of carbonyl (C=O) groups is 1. The van der Waals surface area contributed by atoms with E-state index < -0.39 is 0 Å². The summed E-state index contributed by atoms with van der Waals surface area (Å²) in [6, 6.07) is 0.615. The van der Waals surface area contributed by atoms with E-state index in [9.17, 15) is 4.79 Å². The van der Waals surface area contributed by atoms with Crippen LogP contribution in [0.4, 0.5) is 0 Å². The summed E-state index contributed by atoms with van der Waals surface area (Å²) in [7, 11) is 0. The van der Waals surface area contributed by atoms with Gasteiger partial charge in [-0.1, -0.05) is 0 Å². The molecule has 1 heterocycles. The molecule has 3 saturated carbocycles. The minimum atomic E-state index is 0.359. The highest BCUT2D eigenvalue weighted by atomic mass is 16.2. The van der Waals surface area contributed by atoms with E-state index >= 15 is 0 Å². The van der Waals surface area contributed by atoms with Crippen molar-refractivity contribution in [3.8, 4) is 0 Å². The van der Waals surface area contributed by atoms with Crippen molar-refractivity contribution in [1.82, 2.24) is 5.32 Å². The van der Waals surface area contributed by atoms with Gasteiger partial charge in [0.25, 0.3) is 0 Å². The van der Waals surface area contributed by atoms with Gasteiger partial charge >= 0.3 is 0 Å². The molecular weight excluding hydrogens is 150 g/mol. The molecule has 64 valence electrons. The van der Waals surface area contributed by atoms with Crippen molar-refractivity contribution in [1.29, 1.82) is 0 Å². The standard InChI is InChI=1S/C10H13NO/c12-10-8-6-3-7(9(8)11-10)5-2-1-4(5)6/h4-9H,1-3H2,(H,11,12). The number of fused-ring (bicyclic) bond motifs is 8. The Morgan fingerprint density at radius 3 is 2.50 bits per heavy atom. The molecule has 1 saturated heterocycles. The Kier molecular flexibility index (Phi) is 0.785. The van der Waals surface area contributed by atoms with Gasteiger partial charge in [-0.25, -0.2) is 0 Å². The van der Waals surface area contributed by atoms with E-state index in [1.807, 2.05) is 0 Å². The van der Waals surface area contributed by atoms with Crippen LogP contribution < -0.4 is 5.32 Å². The summed E-state index contributed by atoms with van der Waals surface area (Å²) in [4.78, 5) is 11.3. The molecule has 2 nitrogen and oxygen atoms in total. The monoisotopic (exact) mass is 163 g/mol. The van der Waals surface area contributed by atoms with Crippen LogP contribution in [0, 0.1) is 29.6 Å². The van der Waals surface area contributed by atoms with E-state index in [1.54, 1.807) is 0 Å². The molecule has 0 radical (unpaired) electrons. The molecule has 6 atom stereocenters. The van der Waals surface area contributed by atoms with Crippen LogP contribution in [0.15, 0.2) is 0 Å². The Hall–Kier alpha value is -0.530. The summed E-state index contributed by atoms with van der Waals surface area (Å²) in [5.41, 5.74) is 0. The Balaban J connectivity index is 1.76. The first-order valence-electron chi connectivity index (χ1n) is 5.16. The Bertz CT molecular complexity index is 275. The van der Waals surface area contributed by atoms with Gasteiger partial charge in [-0.05, 0) is 42.9 Å². The van der Waals surface area contributed by atoms with Gasteiger partial charge in [-0.15, -0.1) is 0 Å². The zero-order chi connectivity index (χ0) is 7.87. The number of β-lactam (4-membered cyclic amide) rings is 1. The predicted molar refractivity (Wildman–Crippen MR) is 43.2 cm³/mol. The Morgan fingerprint density at radius 1 is 1.08 bits per heavy atom. The highest BCUT2D eigenvalue weighted by Gasteiger charge is 2.66. The summed E-state index contributed by atoms with van der Waals surface area (Å²) >= 11 is 0. The van der Waals surface area contributed by atoms with Gasteiger partial charge in [0.2, 0.25) is 5.91 Å². The molecule has 6 unspecified atom stereocenters. The number of rotatable bonds is 0. The van der Waals surface area contributed by atoms with Crippen LogP contribution in [0.5, 0.6) is 0 Å². The maximum absolute atomic E-state index is 11.3. The van der Waals surface area contributed by atoms with Gasteiger partial charge in [0.1, 0.15) is 0 Å². The number of hydrogen-bond acceptors (Lipinski definition) is 1. The summed E-state index contributed by atoms with van der Waals surface area (Å²) < 4.78 is 0. The molecule has 2 heteroatoms. The lowest BCUT2D eigenvalue weighted by atomic mass is 9.59. The molecule has 1 amide bonds. The summed E-state index contributed by atoms with van der Waals surface area (Å²) in [6.07, 6.45) is 4.23. The molecule has 0 spiro atoms. The summed E-state index contributed by atoms with van der Waals surface area (Å²) in [6.45, 7) is 0. The SMILES string of the molecule is O=C1NC2C3CC(C4CCC43)C12. The molecule has 4 rings (SSSR count). The van der Waals surface area contributed by atoms with Crippen LogP contribution >= 0.6 is 0 Å². The minimum Gasteiger partial charge on any atom is -0.352 e. The molecule has 0 aromatic rings. The molecular formula is C10H13NO. The fraction of sp³-hybridized carbons (Fsp3) is 0.900. The van der Waals surface area contributed by atoms with Crippen molar-refractivity contribution in [2.75, 3.05) is 0 Å². The lowest BCUT2D eigenvalue weighted by Gasteiger charge is -2.51. The Labute approximate surface area is 71.7 Å². The third-order valence-corrected chi connectivity index (χ3v) is 4.95. The maximum atomic E-state index is 11.3. The third-order valence-electron chi connectivity index (χ3n) is 4.95. The predicted octanol–water partition coefficient (Wildman–Crippen LogP) is 0.777. The average Bonchev–Trinajstić information content (AvgIpc) is 2.31. The molecule has 0 aromatic carbocycles. The first-order valence-corrected chi connectivity index (χ1v) is 5.16. The summed E-state index contributed by atoms with van der Waals surface area (Å²) in [5.74, 6) is 4.47. The minimum absolute atomic E-state index is 0.359. The van der Waals surface area contributed by atoms with Gasteiger partial charge in [0, 0.05) is 6.04 Å². The van der Waals surface area contributed by atoms with Crippen LogP contribution in [-0.4, -0.2) is 11.9 Å². The zero-order valence-electron chi connectivity index (χ0n) is 6.99. The van der Waals surface area contributed by atoms with Crippen LogP contribution in [0.1, 0.15) is 19.3 Å². The number of hydrogen-bond donors (Lipinski definition) is 1. The number of amides is 1. The van der Waals surface area contributed by atoms with Gasteiger partial charge < -0.3 is 5.32 Å². The second kappa shape index (κ2) is 1.57. The topological polar surface area (TPSA) is 29.1 Å². The van der Waals surface area contributed by atoms with Crippen molar-refractivity contribution in [3.63, 3.8) is 0 Å². The Morgan fingerprint density at radius 2 is 1.83 bits per heavy atom. The first-order chi connectivity index (χ1) is 5.86. The highest BCUT2D eigenvalue weighted by Crippen LogP contribution is 2.65. The first kappa shape index (κ1) is 6.01. The number of nitrogens with one attached hydrogen (secondary N) is 1. The van der Waals surface area contributed by atoms with E-state index in [1.165, 1.54) is 19.3 Å². The van der Waals surface area contributed by atoms with Crippen LogP contribution in [-0.2, 0) is 4.79 Å². The molecule has 2 bridgehead atoms. The number of carbonyl (C=O) groups excluding carboxylic acids is 1.